The van der Waals surface area contributed by atoms with Gasteiger partial charge >= 0.3 is 5.69 Å². The lowest BCUT2D eigenvalue weighted by molar-refractivity contribution is -0.132. The van der Waals surface area contributed by atoms with E-state index in [4.69, 9.17) is 0 Å². The summed E-state index contributed by atoms with van der Waals surface area (Å²) in [5, 5.41) is -0.254. The maximum absolute atomic E-state index is 14.3. The van der Waals surface area contributed by atoms with Crippen molar-refractivity contribution in [3.05, 3.63) is 70.4 Å². The number of hydrogen-bond acceptors (Lipinski definition) is 4. The first-order chi connectivity index (χ1) is 15.1. The van der Waals surface area contributed by atoms with Crippen molar-refractivity contribution in [1.29, 1.82) is 0 Å². The molecule has 2 fully saturated rings. The molecule has 0 spiro atoms. The number of H-pyrrole nitrogens is 1. The van der Waals surface area contributed by atoms with Crippen molar-refractivity contribution in [2.75, 3.05) is 31.9 Å². The lowest BCUT2D eigenvalue weighted by atomic mass is 10.0. The number of thioether (sulfide) groups is 1. The van der Waals surface area contributed by atoms with Crippen LogP contribution < -0.4 is 5.69 Å². The minimum atomic E-state index is -0.260. The Bertz CT molecular complexity index is 1150. The average Bonchev–Trinajstić information content (AvgIpc) is 3.39. The molecule has 5 rings (SSSR count). The van der Waals surface area contributed by atoms with Crippen LogP contribution in [0.25, 0.3) is 11.0 Å². The highest BCUT2D eigenvalue weighted by Crippen LogP contribution is 2.39. The summed E-state index contributed by atoms with van der Waals surface area (Å²) < 4.78 is 16.1. The molecule has 0 unspecified atom stereocenters. The van der Waals surface area contributed by atoms with E-state index in [9.17, 15) is 14.0 Å². The Kier molecular flexibility index (Phi) is 5.58. The van der Waals surface area contributed by atoms with Crippen LogP contribution in [0.4, 0.5) is 4.39 Å². The molecule has 1 aromatic heterocycles. The summed E-state index contributed by atoms with van der Waals surface area (Å²) in [5.41, 5.74) is 2.30. The van der Waals surface area contributed by atoms with Gasteiger partial charge < -0.3 is 9.88 Å². The zero-order chi connectivity index (χ0) is 21.4. The highest BCUT2D eigenvalue weighted by Gasteiger charge is 2.33. The molecule has 8 heteroatoms. The molecule has 3 heterocycles. The fourth-order valence-electron chi connectivity index (χ4n) is 4.71. The van der Waals surface area contributed by atoms with Gasteiger partial charge in [-0.15, -0.1) is 11.8 Å². The van der Waals surface area contributed by atoms with Gasteiger partial charge in [0, 0.05) is 37.0 Å². The molecular weight excluding hydrogens is 415 g/mol. The number of carbonyl (C=O) groups is 1. The minimum Gasteiger partial charge on any atom is -0.325 e. The lowest BCUT2D eigenvalue weighted by Gasteiger charge is -2.34. The molecule has 0 radical (unpaired) electrons. The van der Waals surface area contributed by atoms with Crippen LogP contribution in [0.3, 0.4) is 0 Å². The predicted octanol–water partition coefficient (Wildman–Crippen LogP) is 3.38. The van der Waals surface area contributed by atoms with E-state index in [1.807, 2.05) is 34.9 Å². The Morgan fingerprint density at radius 1 is 1.06 bits per heavy atom. The van der Waals surface area contributed by atoms with Crippen LogP contribution in [0.5, 0.6) is 0 Å². The van der Waals surface area contributed by atoms with Gasteiger partial charge in [-0.05, 0) is 31.0 Å². The number of benzene rings is 2. The molecule has 0 bridgehead atoms. The summed E-state index contributed by atoms with van der Waals surface area (Å²) >= 11 is 1.61. The van der Waals surface area contributed by atoms with Crippen molar-refractivity contribution in [2.24, 2.45) is 0 Å². The zero-order valence-electron chi connectivity index (χ0n) is 17.2. The number of amides is 1. The van der Waals surface area contributed by atoms with Crippen LogP contribution in [-0.4, -0.2) is 57.2 Å². The van der Waals surface area contributed by atoms with Crippen molar-refractivity contribution < 1.29 is 9.18 Å². The van der Waals surface area contributed by atoms with Crippen LogP contribution in [0, 0.1) is 5.82 Å². The second kappa shape index (κ2) is 8.51. The van der Waals surface area contributed by atoms with Crippen LogP contribution in [0.1, 0.15) is 29.8 Å². The third kappa shape index (κ3) is 3.90. The standard InChI is InChI=1S/C23H25FN4O2S/c24-18-6-2-1-5-17(18)22-27(13-14-31-22)21(29)15-26-11-9-16(10-12-26)28-20-8-4-3-7-19(20)25-23(28)30/h1-8,16,22H,9-15H2,(H,25,30)/t22-/m1/s1. The first-order valence-corrected chi connectivity index (χ1v) is 11.7. The number of nitrogens with zero attached hydrogens (tertiary/aromatic N) is 3. The van der Waals surface area contributed by atoms with Gasteiger partial charge in [0.1, 0.15) is 11.2 Å². The third-order valence-electron chi connectivity index (χ3n) is 6.29. The number of halogens is 1. The van der Waals surface area contributed by atoms with E-state index >= 15 is 0 Å². The molecule has 162 valence electrons. The normalized spacial score (nSPS) is 20.5. The van der Waals surface area contributed by atoms with Crippen molar-refractivity contribution in [1.82, 2.24) is 19.4 Å². The number of imidazole rings is 1. The molecule has 2 aliphatic rings. The number of carbonyl (C=O) groups excluding carboxylic acids is 1. The molecule has 31 heavy (non-hydrogen) atoms. The Balaban J connectivity index is 1.23. The number of likely N-dealkylation sites (tertiary alicyclic amines) is 1. The van der Waals surface area contributed by atoms with E-state index < -0.39 is 0 Å². The van der Waals surface area contributed by atoms with Crippen LogP contribution in [0.2, 0.25) is 0 Å². The maximum Gasteiger partial charge on any atom is 0.326 e. The largest absolute Gasteiger partial charge is 0.326 e. The summed E-state index contributed by atoms with van der Waals surface area (Å²) in [7, 11) is 0. The summed E-state index contributed by atoms with van der Waals surface area (Å²) in [4.78, 5) is 32.4. The smallest absolute Gasteiger partial charge is 0.325 e. The monoisotopic (exact) mass is 440 g/mol. The van der Waals surface area contributed by atoms with Crippen molar-refractivity contribution >= 4 is 28.7 Å². The highest BCUT2D eigenvalue weighted by atomic mass is 32.2. The van der Waals surface area contributed by atoms with E-state index in [2.05, 4.69) is 9.88 Å². The van der Waals surface area contributed by atoms with Gasteiger partial charge in [0.25, 0.3) is 0 Å². The third-order valence-corrected chi connectivity index (χ3v) is 7.53. The number of aromatic nitrogens is 2. The van der Waals surface area contributed by atoms with Crippen LogP contribution in [-0.2, 0) is 4.79 Å². The Labute approximate surface area is 184 Å². The number of para-hydroxylation sites is 2. The molecule has 6 nitrogen and oxygen atoms in total. The summed E-state index contributed by atoms with van der Waals surface area (Å²) in [5.74, 6) is 0.599. The van der Waals surface area contributed by atoms with Crippen molar-refractivity contribution in [3.8, 4) is 0 Å². The molecule has 2 saturated heterocycles. The molecule has 1 atom stereocenters. The zero-order valence-corrected chi connectivity index (χ0v) is 18.0. The van der Waals surface area contributed by atoms with E-state index in [1.54, 1.807) is 28.8 Å². The number of rotatable bonds is 4. The highest BCUT2D eigenvalue weighted by molar-refractivity contribution is 7.99. The molecule has 2 aromatic carbocycles. The number of fused-ring (bicyclic) bond motifs is 1. The predicted molar refractivity (Wildman–Crippen MR) is 121 cm³/mol. The maximum atomic E-state index is 14.3. The second-order valence-corrected chi connectivity index (χ2v) is 9.34. The fourth-order valence-corrected chi connectivity index (χ4v) is 6.01. The number of aromatic amines is 1. The van der Waals surface area contributed by atoms with E-state index in [0.29, 0.717) is 18.7 Å². The minimum absolute atomic E-state index is 0.0426. The van der Waals surface area contributed by atoms with Gasteiger partial charge in [-0.3, -0.25) is 14.3 Å². The van der Waals surface area contributed by atoms with Gasteiger partial charge in [-0.1, -0.05) is 30.3 Å². The average molecular weight is 441 g/mol. The van der Waals surface area contributed by atoms with Gasteiger partial charge in [0.2, 0.25) is 5.91 Å². The summed E-state index contributed by atoms with van der Waals surface area (Å²) in [6, 6.07) is 14.6. The van der Waals surface area contributed by atoms with E-state index in [-0.39, 0.29) is 28.8 Å². The molecule has 1 amide bonds. The molecule has 1 N–H and O–H groups in total. The first kappa shape index (κ1) is 20.3. The quantitative estimate of drug-likeness (QED) is 0.676. The first-order valence-electron chi connectivity index (χ1n) is 10.7. The molecular formula is C23H25FN4O2S. The number of nitrogens with one attached hydrogen (secondary N) is 1. The van der Waals surface area contributed by atoms with Gasteiger partial charge in [-0.25, -0.2) is 9.18 Å². The molecule has 0 saturated carbocycles. The van der Waals surface area contributed by atoms with Crippen LogP contribution >= 0.6 is 11.8 Å². The number of hydrogen-bond donors (Lipinski definition) is 1. The SMILES string of the molecule is O=C(CN1CCC(n2c(=O)[nH]c3ccccc32)CC1)N1CCS[C@@H]1c1ccccc1F. The van der Waals surface area contributed by atoms with E-state index in [0.717, 1.165) is 42.7 Å². The molecule has 2 aliphatic heterocycles. The summed E-state index contributed by atoms with van der Waals surface area (Å²) in [6.45, 7) is 2.49. The van der Waals surface area contributed by atoms with E-state index in [1.165, 1.54) is 6.07 Å². The van der Waals surface area contributed by atoms with Gasteiger partial charge in [0.15, 0.2) is 0 Å². The van der Waals surface area contributed by atoms with Crippen molar-refractivity contribution in [3.63, 3.8) is 0 Å². The fraction of sp³-hybridized carbons (Fsp3) is 0.391. The lowest BCUT2D eigenvalue weighted by Crippen LogP contribution is -2.44. The summed E-state index contributed by atoms with van der Waals surface area (Å²) in [6.07, 6.45) is 1.64. The van der Waals surface area contributed by atoms with Gasteiger partial charge in [-0.2, -0.15) is 0 Å². The Morgan fingerprint density at radius 2 is 1.81 bits per heavy atom. The second-order valence-electron chi connectivity index (χ2n) is 8.16. The number of piperidine rings is 1. The molecule has 0 aliphatic carbocycles. The van der Waals surface area contributed by atoms with Gasteiger partial charge in [0.05, 0.1) is 17.6 Å². The Hall–Kier alpha value is -2.58. The molecule has 3 aromatic rings. The Morgan fingerprint density at radius 3 is 2.61 bits per heavy atom. The van der Waals surface area contributed by atoms with Crippen molar-refractivity contribution in [2.45, 2.75) is 24.3 Å². The van der Waals surface area contributed by atoms with Crippen LogP contribution in [0.15, 0.2) is 53.3 Å². The topological polar surface area (TPSA) is 61.3 Å².